The molecule has 0 unspecified atom stereocenters. The number of aliphatic hydroxyl groups excluding tert-OH is 1. The van der Waals surface area contributed by atoms with E-state index < -0.39 is 35.7 Å². The van der Waals surface area contributed by atoms with Crippen molar-refractivity contribution < 1.29 is 24.2 Å². The number of carbonyl (C=O) groups excluding carboxylic acids is 2. The molecular formula is C74H133N3O7. The van der Waals surface area contributed by atoms with Gasteiger partial charge in [0.25, 0.3) is 11.5 Å². The third-order valence-electron chi connectivity index (χ3n) is 17.9. The zero-order valence-electron chi connectivity index (χ0n) is 55.8. The van der Waals surface area contributed by atoms with E-state index in [4.69, 9.17) is 9.47 Å². The minimum atomic E-state index is -0.695. The van der Waals surface area contributed by atoms with Crippen molar-refractivity contribution in [3.05, 3.63) is 67.0 Å². The number of aromatic nitrogens is 2. The highest BCUT2D eigenvalue weighted by Gasteiger charge is 2.38. The minimum absolute atomic E-state index is 0.0930. The number of aromatic amines is 1. The SMILES string of the molecule is CC(=O)O[C@H]1C[C@H](n2cc(C)c(=O)[nH]c2=O)O[C@@H]1CO.CCCCCCCCCCCCCCCCCCc1cc(C(=O)NC)cc(CCCCCCCCCCCCCCCCCC)c1CCCCCCCCCCCCCCCCCC. The fourth-order valence-electron chi connectivity index (χ4n) is 12.6. The first-order chi connectivity index (χ1) is 41.1. The predicted octanol–water partition coefficient (Wildman–Crippen LogP) is 20.5. The van der Waals surface area contributed by atoms with Crippen LogP contribution >= 0.6 is 0 Å². The Morgan fingerprint density at radius 2 is 0.833 bits per heavy atom. The number of aryl methyl sites for hydroxylation is 3. The van der Waals surface area contributed by atoms with Crippen LogP contribution in [-0.2, 0) is 33.5 Å². The maximum Gasteiger partial charge on any atom is 0.330 e. The lowest BCUT2D eigenvalue weighted by molar-refractivity contribution is -0.150. The number of aliphatic hydroxyl groups is 1. The topological polar surface area (TPSA) is 140 Å². The summed E-state index contributed by atoms with van der Waals surface area (Å²) in [6.45, 7) is 9.43. The number of ether oxygens (including phenoxy) is 2. The largest absolute Gasteiger partial charge is 0.460 e. The van der Waals surface area contributed by atoms with E-state index in [1.807, 2.05) is 0 Å². The molecule has 84 heavy (non-hydrogen) atoms. The maximum atomic E-state index is 13.1. The van der Waals surface area contributed by atoms with Crippen LogP contribution in [0.2, 0.25) is 0 Å². The summed E-state index contributed by atoms with van der Waals surface area (Å²) in [5.74, 6) is -0.391. The second-order valence-electron chi connectivity index (χ2n) is 25.7. The van der Waals surface area contributed by atoms with Crippen molar-refractivity contribution in [1.29, 1.82) is 0 Å². The van der Waals surface area contributed by atoms with Gasteiger partial charge in [0.2, 0.25) is 0 Å². The summed E-state index contributed by atoms with van der Waals surface area (Å²) in [7, 11) is 1.80. The van der Waals surface area contributed by atoms with E-state index in [9.17, 15) is 24.3 Å². The molecule has 3 N–H and O–H groups in total. The van der Waals surface area contributed by atoms with E-state index in [1.165, 1.54) is 343 Å². The minimum Gasteiger partial charge on any atom is -0.460 e. The first-order valence-corrected chi connectivity index (χ1v) is 36.2. The zero-order valence-corrected chi connectivity index (χ0v) is 55.8. The lowest BCUT2D eigenvalue weighted by Gasteiger charge is -2.18. The van der Waals surface area contributed by atoms with Crippen LogP contribution in [0.4, 0.5) is 0 Å². The third kappa shape index (κ3) is 38.8. The molecule has 486 valence electrons. The van der Waals surface area contributed by atoms with Crippen LogP contribution in [0.5, 0.6) is 0 Å². The number of amides is 1. The smallest absolute Gasteiger partial charge is 0.330 e. The van der Waals surface area contributed by atoms with Crippen molar-refractivity contribution in [3.63, 3.8) is 0 Å². The number of nitrogens with one attached hydrogen (secondary N) is 2. The van der Waals surface area contributed by atoms with Gasteiger partial charge in [-0.05, 0) is 74.3 Å². The van der Waals surface area contributed by atoms with Crippen molar-refractivity contribution in [1.82, 2.24) is 14.9 Å². The molecule has 1 aliphatic heterocycles. The molecule has 3 atom stereocenters. The Labute approximate surface area is 516 Å². The zero-order chi connectivity index (χ0) is 60.9. The summed E-state index contributed by atoms with van der Waals surface area (Å²) in [4.78, 5) is 49.3. The Hall–Kier alpha value is -3.24. The highest BCUT2D eigenvalue weighted by Crippen LogP contribution is 2.30. The molecule has 2 heterocycles. The van der Waals surface area contributed by atoms with Crippen LogP contribution in [-0.4, -0.2) is 52.4 Å². The Morgan fingerprint density at radius 3 is 1.13 bits per heavy atom. The normalized spacial score (nSPS) is 14.9. The van der Waals surface area contributed by atoms with Gasteiger partial charge >= 0.3 is 11.7 Å². The highest BCUT2D eigenvalue weighted by molar-refractivity contribution is 5.94. The number of H-pyrrole nitrogens is 1. The molecule has 1 fully saturated rings. The van der Waals surface area contributed by atoms with Gasteiger partial charge in [-0.25, -0.2) is 4.79 Å². The van der Waals surface area contributed by atoms with Crippen molar-refractivity contribution in [3.8, 4) is 0 Å². The van der Waals surface area contributed by atoms with Gasteiger partial charge in [0.1, 0.15) is 18.4 Å². The monoisotopic (exact) mass is 1180 g/mol. The van der Waals surface area contributed by atoms with E-state index in [1.54, 1.807) is 19.5 Å². The van der Waals surface area contributed by atoms with Crippen LogP contribution in [0.25, 0.3) is 0 Å². The molecule has 0 saturated carbocycles. The van der Waals surface area contributed by atoms with Gasteiger partial charge in [-0.3, -0.25) is 23.9 Å². The first-order valence-electron chi connectivity index (χ1n) is 36.2. The number of rotatable bonds is 55. The Morgan fingerprint density at radius 1 is 0.524 bits per heavy atom. The van der Waals surface area contributed by atoms with Gasteiger partial charge in [-0.2, -0.15) is 0 Å². The molecule has 10 heteroatoms. The summed E-state index contributed by atoms with van der Waals surface area (Å²) >= 11 is 0. The van der Waals surface area contributed by atoms with E-state index in [2.05, 4.69) is 43.2 Å². The summed E-state index contributed by atoms with van der Waals surface area (Å²) in [5.41, 5.74) is 4.82. The van der Waals surface area contributed by atoms with E-state index in [-0.39, 0.29) is 18.9 Å². The molecule has 1 amide bonds. The molecule has 0 bridgehead atoms. The van der Waals surface area contributed by atoms with E-state index in [0.29, 0.717) is 5.56 Å². The van der Waals surface area contributed by atoms with Gasteiger partial charge in [0.05, 0.1) is 6.61 Å². The van der Waals surface area contributed by atoms with Crippen molar-refractivity contribution in [2.24, 2.45) is 0 Å². The van der Waals surface area contributed by atoms with Gasteiger partial charge in [0, 0.05) is 37.7 Å². The molecule has 0 spiro atoms. The molecular weight excluding hydrogens is 1040 g/mol. The highest BCUT2D eigenvalue weighted by atomic mass is 16.6. The van der Waals surface area contributed by atoms with Gasteiger partial charge in [-0.1, -0.05) is 310 Å². The Balaban J connectivity index is 0.000001000. The molecule has 1 aromatic heterocycles. The number of hydrogen-bond acceptors (Lipinski definition) is 7. The van der Waals surface area contributed by atoms with Crippen LogP contribution in [0.1, 0.15) is 381 Å². The first kappa shape index (κ1) is 76.9. The number of unbranched alkanes of at least 4 members (excludes halogenated alkanes) is 45. The molecule has 1 aromatic carbocycles. The van der Waals surface area contributed by atoms with E-state index in [0.717, 1.165) is 18.4 Å². The fraction of sp³-hybridized carbons (Fsp3) is 0.838. The molecule has 2 aromatic rings. The molecule has 1 saturated heterocycles. The second-order valence-corrected chi connectivity index (χ2v) is 25.7. The molecule has 10 nitrogen and oxygen atoms in total. The average Bonchev–Trinajstić information content (AvgIpc) is 4.08. The maximum absolute atomic E-state index is 13.1. The van der Waals surface area contributed by atoms with Crippen molar-refractivity contribution >= 4 is 11.9 Å². The number of nitrogens with zero attached hydrogens (tertiary/aromatic N) is 1. The molecule has 0 radical (unpaired) electrons. The van der Waals surface area contributed by atoms with Crippen LogP contribution in [0, 0.1) is 6.92 Å². The second kappa shape index (κ2) is 54.0. The third-order valence-corrected chi connectivity index (χ3v) is 17.9. The van der Waals surface area contributed by atoms with Crippen molar-refractivity contribution in [2.75, 3.05) is 13.7 Å². The molecule has 3 rings (SSSR count). The van der Waals surface area contributed by atoms with Gasteiger partial charge in [-0.15, -0.1) is 0 Å². The quantitative estimate of drug-likeness (QED) is 0.0443. The molecule has 0 aliphatic carbocycles. The number of benzene rings is 1. The standard InChI is InChI=1S/C62H117NO.C12H16N2O6/c1-5-8-11-14-17-20-23-26-29-32-35-38-41-44-47-50-53-58-56-60(62(64)63-4)57-59(54-51-48-45-42-39-36-33-30-27-24-21-18-15-12-9-6-2)61(58)55-52-49-46-43-40-37-34-31-28-25-22-19-16-13-10-7-3;1-6-4-14(12(18)13-11(6)17)10-3-8(19-7(2)16)9(5-15)20-10/h56-57H,5-55H2,1-4H3,(H,63,64);4,8-10,15H,3,5H2,1-2H3,(H,13,17,18)/t;8-,9+,10+/m.0/s1. The lowest BCUT2D eigenvalue weighted by Crippen LogP contribution is -2.33. The number of hydrogen-bond donors (Lipinski definition) is 3. The molecule has 1 aliphatic rings. The van der Waals surface area contributed by atoms with Crippen LogP contribution in [0.3, 0.4) is 0 Å². The van der Waals surface area contributed by atoms with Gasteiger partial charge in [0.15, 0.2) is 0 Å². The summed E-state index contributed by atoms with van der Waals surface area (Å²) in [6, 6.07) is 4.59. The summed E-state index contributed by atoms with van der Waals surface area (Å²) in [5, 5.41) is 12.2. The van der Waals surface area contributed by atoms with Gasteiger partial charge < -0.3 is 19.9 Å². The Kier molecular flexibility index (Phi) is 49.4. The number of esters is 1. The number of carbonyl (C=O) groups is 2. The van der Waals surface area contributed by atoms with Crippen LogP contribution < -0.4 is 16.6 Å². The lowest BCUT2D eigenvalue weighted by atomic mass is 9.88. The Bertz CT molecular complexity index is 1940. The fourth-order valence-corrected chi connectivity index (χ4v) is 12.6. The van der Waals surface area contributed by atoms with Crippen LogP contribution in [0.15, 0.2) is 27.9 Å². The predicted molar refractivity (Wildman–Crippen MR) is 357 cm³/mol. The van der Waals surface area contributed by atoms with Crippen molar-refractivity contribution in [2.45, 2.75) is 387 Å². The van der Waals surface area contributed by atoms with E-state index >= 15 is 0 Å². The summed E-state index contributed by atoms with van der Waals surface area (Å²) in [6.07, 6.45) is 71.0. The average molecular weight is 1180 g/mol. The summed E-state index contributed by atoms with van der Waals surface area (Å²) < 4.78 is 11.8.